The molecule has 1 amide bonds. The summed E-state index contributed by atoms with van der Waals surface area (Å²) < 4.78 is 42.6. The van der Waals surface area contributed by atoms with Gasteiger partial charge in [-0.25, -0.2) is 0 Å². The molecule has 1 fully saturated rings. The molecule has 0 radical (unpaired) electrons. The molecule has 118 valence electrons. The number of hydrogen-bond donors (Lipinski definition) is 1. The van der Waals surface area contributed by atoms with E-state index in [1.807, 2.05) is 0 Å². The van der Waals surface area contributed by atoms with Crippen LogP contribution in [0.25, 0.3) is 0 Å². The molecule has 1 aliphatic heterocycles. The largest absolute Gasteiger partial charge is 0.485 e. The molecule has 1 saturated heterocycles. The predicted octanol–water partition coefficient (Wildman–Crippen LogP) is 2.49. The van der Waals surface area contributed by atoms with Gasteiger partial charge >= 0.3 is 6.18 Å². The molecule has 22 heavy (non-hydrogen) atoms. The van der Waals surface area contributed by atoms with Crippen LogP contribution in [0.3, 0.4) is 0 Å². The number of benzene rings is 1. The monoisotopic (exact) mass is 313 g/mol. The first-order valence-electron chi connectivity index (χ1n) is 6.65. The van der Waals surface area contributed by atoms with Gasteiger partial charge in [0.05, 0.1) is 5.56 Å². The summed E-state index contributed by atoms with van der Waals surface area (Å²) in [6.45, 7) is -0.363. The zero-order valence-corrected chi connectivity index (χ0v) is 11.5. The van der Waals surface area contributed by atoms with Crippen molar-refractivity contribution in [3.05, 3.63) is 42.0 Å². The van der Waals surface area contributed by atoms with Crippen molar-refractivity contribution < 1.29 is 27.5 Å². The highest BCUT2D eigenvalue weighted by molar-refractivity contribution is 5.91. The first-order chi connectivity index (χ1) is 10.3. The molecular weight excluding hydrogens is 299 g/mol. The SMILES string of the molecule is O=C(/C=C/C1CCC(=O)N1)COc1cccc(C(F)(F)F)c1. The lowest BCUT2D eigenvalue weighted by molar-refractivity contribution is -0.137. The summed E-state index contributed by atoms with van der Waals surface area (Å²) in [5.41, 5.74) is -0.832. The van der Waals surface area contributed by atoms with E-state index in [1.54, 1.807) is 6.08 Å². The van der Waals surface area contributed by atoms with Gasteiger partial charge in [0.15, 0.2) is 12.4 Å². The van der Waals surface area contributed by atoms with Gasteiger partial charge in [-0.05, 0) is 30.7 Å². The Bertz CT molecular complexity index is 596. The molecule has 2 rings (SSSR count). The molecule has 1 aromatic carbocycles. The maximum atomic E-state index is 12.5. The number of hydrogen-bond acceptors (Lipinski definition) is 3. The Kier molecular flexibility index (Phi) is 4.85. The highest BCUT2D eigenvalue weighted by atomic mass is 19.4. The Morgan fingerprint density at radius 2 is 2.18 bits per heavy atom. The molecule has 0 saturated carbocycles. The quantitative estimate of drug-likeness (QED) is 0.850. The minimum absolute atomic E-state index is 0.0225. The van der Waals surface area contributed by atoms with Crippen molar-refractivity contribution in [2.75, 3.05) is 6.61 Å². The second-order valence-electron chi connectivity index (χ2n) is 4.85. The lowest BCUT2D eigenvalue weighted by atomic mass is 10.2. The van der Waals surface area contributed by atoms with E-state index in [9.17, 15) is 22.8 Å². The van der Waals surface area contributed by atoms with Crippen molar-refractivity contribution in [2.45, 2.75) is 25.1 Å². The van der Waals surface area contributed by atoms with Crippen molar-refractivity contribution >= 4 is 11.7 Å². The van der Waals surface area contributed by atoms with Crippen molar-refractivity contribution in [1.29, 1.82) is 0 Å². The van der Waals surface area contributed by atoms with Crippen LogP contribution < -0.4 is 10.1 Å². The van der Waals surface area contributed by atoms with Gasteiger partial charge in [0, 0.05) is 12.5 Å². The van der Waals surface area contributed by atoms with Gasteiger partial charge in [0.1, 0.15) is 5.75 Å². The maximum Gasteiger partial charge on any atom is 0.416 e. The van der Waals surface area contributed by atoms with E-state index < -0.39 is 17.5 Å². The summed E-state index contributed by atoms with van der Waals surface area (Å²) >= 11 is 0. The number of amides is 1. The second kappa shape index (κ2) is 6.64. The number of carbonyl (C=O) groups excluding carboxylic acids is 2. The van der Waals surface area contributed by atoms with E-state index in [0.29, 0.717) is 12.8 Å². The summed E-state index contributed by atoms with van der Waals surface area (Å²) in [6, 6.07) is 4.16. The molecule has 1 N–H and O–H groups in total. The van der Waals surface area contributed by atoms with Crippen LogP contribution in [0.5, 0.6) is 5.75 Å². The standard InChI is InChI=1S/C15H14F3NO3/c16-15(17,18)10-2-1-3-13(8-10)22-9-12(20)6-4-11-5-7-14(21)19-11/h1-4,6,8,11H,5,7,9H2,(H,19,21)/b6-4+. The summed E-state index contributed by atoms with van der Waals surface area (Å²) in [7, 11) is 0. The van der Waals surface area contributed by atoms with Crippen LogP contribution in [0.2, 0.25) is 0 Å². The van der Waals surface area contributed by atoms with Gasteiger partial charge in [-0.15, -0.1) is 0 Å². The molecule has 0 aromatic heterocycles. The molecule has 1 heterocycles. The number of carbonyl (C=O) groups is 2. The van der Waals surface area contributed by atoms with Gasteiger partial charge in [-0.3, -0.25) is 9.59 Å². The van der Waals surface area contributed by atoms with Gasteiger partial charge in [0.25, 0.3) is 0 Å². The third-order valence-electron chi connectivity index (χ3n) is 3.09. The Morgan fingerprint density at radius 3 is 2.82 bits per heavy atom. The maximum absolute atomic E-state index is 12.5. The number of ketones is 1. The Labute approximate surface area is 125 Å². The summed E-state index contributed by atoms with van der Waals surface area (Å²) in [5.74, 6) is -0.480. The first-order valence-corrected chi connectivity index (χ1v) is 6.65. The van der Waals surface area contributed by atoms with E-state index in [-0.39, 0.29) is 24.3 Å². The molecular formula is C15H14F3NO3. The van der Waals surface area contributed by atoms with Gasteiger partial charge in [-0.1, -0.05) is 12.1 Å². The minimum Gasteiger partial charge on any atom is -0.485 e. The molecule has 4 nitrogen and oxygen atoms in total. The third-order valence-corrected chi connectivity index (χ3v) is 3.09. The molecule has 7 heteroatoms. The molecule has 0 aliphatic carbocycles. The lowest BCUT2D eigenvalue weighted by Crippen LogP contribution is -2.23. The molecule has 1 aromatic rings. The molecule has 1 atom stereocenters. The minimum atomic E-state index is -4.45. The van der Waals surface area contributed by atoms with Gasteiger partial charge < -0.3 is 10.1 Å². The number of alkyl halides is 3. The first kappa shape index (κ1) is 16.1. The molecule has 1 aliphatic rings. The summed E-state index contributed by atoms with van der Waals surface area (Å²) in [5, 5.41) is 2.66. The van der Waals surface area contributed by atoms with Crippen LogP contribution in [-0.4, -0.2) is 24.3 Å². The zero-order chi connectivity index (χ0) is 16.2. The number of halogens is 3. The van der Waals surface area contributed by atoms with Gasteiger partial charge in [0.2, 0.25) is 5.91 Å². The highest BCUT2D eigenvalue weighted by Crippen LogP contribution is 2.31. The predicted molar refractivity (Wildman–Crippen MR) is 72.3 cm³/mol. The summed E-state index contributed by atoms with van der Waals surface area (Å²) in [6.07, 6.45) is -0.586. The van der Waals surface area contributed by atoms with E-state index in [2.05, 4.69) is 5.32 Å². The molecule has 0 spiro atoms. The fourth-order valence-corrected chi connectivity index (χ4v) is 1.97. The van der Waals surface area contributed by atoms with E-state index in [0.717, 1.165) is 12.1 Å². The van der Waals surface area contributed by atoms with E-state index >= 15 is 0 Å². The Hall–Kier alpha value is -2.31. The number of nitrogens with one attached hydrogen (secondary N) is 1. The average molecular weight is 313 g/mol. The number of rotatable bonds is 5. The van der Waals surface area contributed by atoms with Crippen LogP contribution in [0.15, 0.2) is 36.4 Å². The van der Waals surface area contributed by atoms with Crippen LogP contribution in [0, 0.1) is 0 Å². The zero-order valence-electron chi connectivity index (χ0n) is 11.5. The Balaban J connectivity index is 1.86. The van der Waals surface area contributed by atoms with Crippen molar-refractivity contribution in [3.8, 4) is 5.75 Å². The van der Waals surface area contributed by atoms with Crippen molar-refractivity contribution in [1.82, 2.24) is 5.32 Å². The second-order valence-corrected chi connectivity index (χ2v) is 4.85. The van der Waals surface area contributed by atoms with Crippen LogP contribution in [-0.2, 0) is 15.8 Å². The average Bonchev–Trinajstić information content (AvgIpc) is 2.88. The fourth-order valence-electron chi connectivity index (χ4n) is 1.97. The Morgan fingerprint density at radius 1 is 1.41 bits per heavy atom. The normalized spacial score (nSPS) is 18.5. The smallest absolute Gasteiger partial charge is 0.416 e. The summed E-state index contributed by atoms with van der Waals surface area (Å²) in [4.78, 5) is 22.6. The third kappa shape index (κ3) is 4.61. The van der Waals surface area contributed by atoms with Crippen LogP contribution in [0.1, 0.15) is 18.4 Å². The van der Waals surface area contributed by atoms with E-state index in [4.69, 9.17) is 4.74 Å². The fraction of sp³-hybridized carbons (Fsp3) is 0.333. The molecule has 1 unspecified atom stereocenters. The van der Waals surface area contributed by atoms with Gasteiger partial charge in [-0.2, -0.15) is 13.2 Å². The molecule has 0 bridgehead atoms. The van der Waals surface area contributed by atoms with Crippen LogP contribution in [0.4, 0.5) is 13.2 Å². The van der Waals surface area contributed by atoms with E-state index in [1.165, 1.54) is 18.2 Å². The van der Waals surface area contributed by atoms with Crippen LogP contribution >= 0.6 is 0 Å². The topological polar surface area (TPSA) is 55.4 Å². The van der Waals surface area contributed by atoms with Crippen molar-refractivity contribution in [2.24, 2.45) is 0 Å². The lowest BCUT2D eigenvalue weighted by Gasteiger charge is -2.09. The van der Waals surface area contributed by atoms with Crippen molar-refractivity contribution in [3.63, 3.8) is 0 Å². The highest BCUT2D eigenvalue weighted by Gasteiger charge is 2.30. The number of ether oxygens (including phenoxy) is 1.